The van der Waals surface area contributed by atoms with E-state index in [1.54, 1.807) is 23.1 Å². The Morgan fingerprint density at radius 3 is 2.79 bits per heavy atom. The van der Waals surface area contributed by atoms with Crippen LogP contribution in [0.5, 0.6) is 0 Å². The Hall–Kier alpha value is -2.04. The van der Waals surface area contributed by atoms with Gasteiger partial charge in [0, 0.05) is 37.3 Å². The van der Waals surface area contributed by atoms with Gasteiger partial charge in [-0.25, -0.2) is 0 Å². The van der Waals surface area contributed by atoms with Crippen LogP contribution in [0.15, 0.2) is 18.2 Å². The van der Waals surface area contributed by atoms with Crippen molar-refractivity contribution in [3.63, 3.8) is 0 Å². The molecule has 1 unspecified atom stereocenters. The number of hydrogen-bond acceptors (Lipinski definition) is 3. The van der Waals surface area contributed by atoms with Crippen molar-refractivity contribution in [2.24, 2.45) is 0 Å². The van der Waals surface area contributed by atoms with Crippen LogP contribution in [0.3, 0.4) is 0 Å². The second kappa shape index (κ2) is 5.30. The van der Waals surface area contributed by atoms with Gasteiger partial charge in [-0.1, -0.05) is 0 Å². The van der Waals surface area contributed by atoms with E-state index in [1.807, 2.05) is 6.92 Å². The molecular weight excluding hydrogens is 242 g/mol. The lowest BCUT2D eigenvalue weighted by molar-refractivity contribution is -0.119. The lowest BCUT2D eigenvalue weighted by atomic mass is 10.1. The highest BCUT2D eigenvalue weighted by atomic mass is 16.2. The second-order valence-corrected chi connectivity index (χ2v) is 5.01. The Kier molecular flexibility index (Phi) is 3.74. The fourth-order valence-electron chi connectivity index (χ4n) is 2.45. The number of nitrogen functional groups attached to an aromatic ring is 1. The van der Waals surface area contributed by atoms with Crippen molar-refractivity contribution in [3.8, 4) is 0 Å². The third-order valence-electron chi connectivity index (χ3n) is 3.36. The van der Waals surface area contributed by atoms with Crippen LogP contribution in [0.1, 0.15) is 29.3 Å². The van der Waals surface area contributed by atoms with Gasteiger partial charge >= 0.3 is 0 Å². The summed E-state index contributed by atoms with van der Waals surface area (Å²) < 4.78 is 0. The predicted octanol–water partition coefficient (Wildman–Crippen LogP) is 0.928. The molecule has 1 aromatic rings. The minimum Gasteiger partial charge on any atom is -0.399 e. The zero-order valence-corrected chi connectivity index (χ0v) is 11.3. The van der Waals surface area contributed by atoms with Crippen molar-refractivity contribution >= 4 is 17.5 Å². The van der Waals surface area contributed by atoms with Gasteiger partial charge in [0.05, 0.1) is 0 Å². The Balaban J connectivity index is 2.07. The Morgan fingerprint density at radius 1 is 1.42 bits per heavy atom. The van der Waals surface area contributed by atoms with E-state index in [-0.39, 0.29) is 17.9 Å². The summed E-state index contributed by atoms with van der Waals surface area (Å²) in [6, 6.07) is 5.37. The molecule has 0 bridgehead atoms. The van der Waals surface area contributed by atoms with Gasteiger partial charge in [0.1, 0.15) is 0 Å². The number of amides is 2. The lowest BCUT2D eigenvalue weighted by Gasteiger charge is -2.18. The molecule has 0 saturated carbocycles. The van der Waals surface area contributed by atoms with Crippen molar-refractivity contribution < 1.29 is 9.59 Å². The molecule has 5 heteroatoms. The quantitative estimate of drug-likeness (QED) is 0.778. The molecule has 1 aliphatic rings. The number of carbonyl (C=O) groups is 2. The summed E-state index contributed by atoms with van der Waals surface area (Å²) in [6.07, 6.45) is 0.805. The molecule has 2 amide bonds. The van der Waals surface area contributed by atoms with Crippen LogP contribution in [0.4, 0.5) is 5.69 Å². The molecule has 0 radical (unpaired) electrons. The number of anilines is 1. The largest absolute Gasteiger partial charge is 0.399 e. The molecule has 1 aromatic carbocycles. The van der Waals surface area contributed by atoms with Crippen LogP contribution in [0, 0.1) is 6.92 Å². The molecule has 1 heterocycles. The molecule has 19 heavy (non-hydrogen) atoms. The van der Waals surface area contributed by atoms with E-state index in [2.05, 4.69) is 5.32 Å². The van der Waals surface area contributed by atoms with Crippen LogP contribution < -0.4 is 11.1 Å². The van der Waals surface area contributed by atoms with Crippen LogP contribution in [-0.4, -0.2) is 35.8 Å². The summed E-state index contributed by atoms with van der Waals surface area (Å²) in [5.74, 6) is -0.0479. The van der Waals surface area contributed by atoms with Crippen molar-refractivity contribution in [2.75, 3.05) is 18.8 Å². The zero-order chi connectivity index (χ0) is 14.0. The molecule has 2 rings (SSSR count). The summed E-state index contributed by atoms with van der Waals surface area (Å²) in [5.41, 5.74) is 7.91. The zero-order valence-electron chi connectivity index (χ0n) is 11.3. The highest BCUT2D eigenvalue weighted by molar-refractivity contribution is 5.96. The SMILES string of the molecule is CC(=O)NC1CCN(C(=O)c2ccc(N)cc2C)C1. The fraction of sp³-hybridized carbons (Fsp3) is 0.429. The topological polar surface area (TPSA) is 75.4 Å². The average Bonchev–Trinajstić information content (AvgIpc) is 2.75. The third kappa shape index (κ3) is 3.05. The first-order chi connectivity index (χ1) is 8.97. The van der Waals surface area contributed by atoms with Gasteiger partial charge in [-0.3, -0.25) is 9.59 Å². The predicted molar refractivity (Wildman–Crippen MR) is 73.7 cm³/mol. The summed E-state index contributed by atoms with van der Waals surface area (Å²) in [4.78, 5) is 25.2. The second-order valence-electron chi connectivity index (χ2n) is 5.01. The molecule has 0 aromatic heterocycles. The molecule has 1 atom stereocenters. The Morgan fingerprint density at radius 2 is 2.16 bits per heavy atom. The van der Waals surface area contributed by atoms with E-state index in [9.17, 15) is 9.59 Å². The minimum absolute atomic E-state index is 0.00496. The van der Waals surface area contributed by atoms with Crippen LogP contribution >= 0.6 is 0 Å². The Labute approximate surface area is 112 Å². The molecule has 1 fully saturated rings. The molecule has 0 aliphatic carbocycles. The number of carbonyl (C=O) groups excluding carboxylic acids is 2. The normalized spacial score (nSPS) is 18.4. The summed E-state index contributed by atoms with van der Waals surface area (Å²) in [6.45, 7) is 4.62. The molecule has 1 saturated heterocycles. The van der Waals surface area contributed by atoms with Crippen molar-refractivity contribution in [1.82, 2.24) is 10.2 Å². The maximum Gasteiger partial charge on any atom is 0.254 e. The average molecular weight is 261 g/mol. The smallest absolute Gasteiger partial charge is 0.254 e. The first-order valence-corrected chi connectivity index (χ1v) is 6.40. The van der Waals surface area contributed by atoms with Gasteiger partial charge in [0.25, 0.3) is 5.91 Å². The third-order valence-corrected chi connectivity index (χ3v) is 3.36. The maximum atomic E-state index is 12.4. The first-order valence-electron chi connectivity index (χ1n) is 6.40. The number of benzene rings is 1. The Bertz CT molecular complexity index is 513. The fourth-order valence-corrected chi connectivity index (χ4v) is 2.45. The maximum absolute atomic E-state index is 12.4. The summed E-state index contributed by atoms with van der Waals surface area (Å²) in [5, 5.41) is 2.85. The van der Waals surface area contributed by atoms with E-state index in [4.69, 9.17) is 5.73 Å². The van der Waals surface area contributed by atoms with Gasteiger partial charge in [-0.05, 0) is 37.1 Å². The summed E-state index contributed by atoms with van der Waals surface area (Å²) >= 11 is 0. The van der Waals surface area contributed by atoms with Crippen molar-refractivity contribution in [2.45, 2.75) is 26.3 Å². The number of hydrogen-bond donors (Lipinski definition) is 2. The molecule has 102 valence electrons. The van der Waals surface area contributed by atoms with Gasteiger partial charge in [0.15, 0.2) is 0 Å². The number of nitrogens with one attached hydrogen (secondary N) is 1. The number of nitrogens with zero attached hydrogens (tertiary/aromatic N) is 1. The van der Waals surface area contributed by atoms with Gasteiger partial charge in [-0.15, -0.1) is 0 Å². The minimum atomic E-state index is -0.0528. The number of rotatable bonds is 2. The van der Waals surface area contributed by atoms with Gasteiger partial charge in [0.2, 0.25) is 5.91 Å². The van der Waals surface area contributed by atoms with Crippen LogP contribution in [0.2, 0.25) is 0 Å². The van der Waals surface area contributed by atoms with Gasteiger partial charge in [-0.2, -0.15) is 0 Å². The molecule has 0 spiro atoms. The van der Waals surface area contributed by atoms with E-state index in [1.165, 1.54) is 6.92 Å². The van der Waals surface area contributed by atoms with Crippen molar-refractivity contribution in [1.29, 1.82) is 0 Å². The lowest BCUT2D eigenvalue weighted by Crippen LogP contribution is -2.37. The monoisotopic (exact) mass is 261 g/mol. The molecule has 5 nitrogen and oxygen atoms in total. The molecule has 3 N–H and O–H groups in total. The van der Waals surface area contributed by atoms with E-state index < -0.39 is 0 Å². The highest BCUT2D eigenvalue weighted by Crippen LogP contribution is 2.18. The highest BCUT2D eigenvalue weighted by Gasteiger charge is 2.27. The van der Waals surface area contributed by atoms with E-state index >= 15 is 0 Å². The number of likely N-dealkylation sites (tertiary alicyclic amines) is 1. The van der Waals surface area contributed by atoms with E-state index in [0.29, 0.717) is 24.3 Å². The first kappa shape index (κ1) is 13.4. The molecule has 1 aliphatic heterocycles. The summed E-state index contributed by atoms with van der Waals surface area (Å²) in [7, 11) is 0. The van der Waals surface area contributed by atoms with Crippen molar-refractivity contribution in [3.05, 3.63) is 29.3 Å². The number of aryl methyl sites for hydroxylation is 1. The molecular formula is C14H19N3O2. The van der Waals surface area contributed by atoms with E-state index in [0.717, 1.165) is 12.0 Å². The number of nitrogens with two attached hydrogens (primary N) is 1. The standard InChI is InChI=1S/C14H19N3O2/c1-9-7-11(15)3-4-13(9)14(19)17-6-5-12(8-17)16-10(2)18/h3-4,7,12H,5-6,8,15H2,1-2H3,(H,16,18). The van der Waals surface area contributed by atoms with Gasteiger partial charge < -0.3 is 16.0 Å². The van der Waals surface area contributed by atoms with Crippen LogP contribution in [-0.2, 0) is 4.79 Å². The van der Waals surface area contributed by atoms with Crippen LogP contribution in [0.25, 0.3) is 0 Å².